The van der Waals surface area contributed by atoms with Crippen LogP contribution in [0.4, 0.5) is 0 Å². The van der Waals surface area contributed by atoms with Gasteiger partial charge in [-0.1, -0.05) is 78.3 Å². The van der Waals surface area contributed by atoms with Gasteiger partial charge in [0.25, 0.3) is 5.91 Å². The normalized spacial score (nSPS) is 22.7. The molecule has 8 heteroatoms. The summed E-state index contributed by atoms with van der Waals surface area (Å²) in [5, 5.41) is 5.66. The van der Waals surface area contributed by atoms with Crippen LogP contribution in [-0.2, 0) is 30.5 Å². The molecule has 0 aliphatic carbocycles. The van der Waals surface area contributed by atoms with Gasteiger partial charge in [-0.05, 0) is 23.3 Å². The summed E-state index contributed by atoms with van der Waals surface area (Å²) in [6.45, 7) is 11.3. The smallest absolute Gasteiger partial charge is 0.315 e. The number of hydrogen-bond acceptors (Lipinski definition) is 5. The van der Waals surface area contributed by atoms with E-state index >= 15 is 0 Å². The summed E-state index contributed by atoms with van der Waals surface area (Å²) >= 11 is 0. The van der Waals surface area contributed by atoms with E-state index in [1.807, 2.05) is 58.0 Å². The number of benzene rings is 1. The second-order valence-electron chi connectivity index (χ2n) is 9.60. The highest BCUT2D eigenvalue weighted by molar-refractivity contribution is 6.02. The number of nitrogens with one attached hydrogen (secondary N) is 2. The molecule has 0 bridgehead atoms. The Labute approximate surface area is 196 Å². The van der Waals surface area contributed by atoms with Gasteiger partial charge in [-0.3, -0.25) is 19.2 Å². The van der Waals surface area contributed by atoms with Crippen molar-refractivity contribution in [3.8, 4) is 0 Å². The number of nitrogens with two attached hydrogens (primary N) is 1. The van der Waals surface area contributed by atoms with Crippen molar-refractivity contribution >= 4 is 23.7 Å². The van der Waals surface area contributed by atoms with Gasteiger partial charge in [0.05, 0.1) is 5.92 Å². The molecule has 1 aliphatic heterocycles. The summed E-state index contributed by atoms with van der Waals surface area (Å²) in [7, 11) is 0. The first-order valence-corrected chi connectivity index (χ1v) is 11.6. The molecular formula is C25H37N3O5. The first-order chi connectivity index (χ1) is 15.5. The Morgan fingerprint density at radius 1 is 1.03 bits per heavy atom. The molecule has 2 rings (SSSR count). The molecule has 1 aromatic rings. The van der Waals surface area contributed by atoms with Crippen LogP contribution in [0.15, 0.2) is 30.3 Å². The number of primary amides is 1. The van der Waals surface area contributed by atoms with Gasteiger partial charge in [-0.25, -0.2) is 0 Å². The number of carbonyl (C=O) groups is 4. The van der Waals surface area contributed by atoms with Crippen molar-refractivity contribution in [3.63, 3.8) is 0 Å². The van der Waals surface area contributed by atoms with Crippen molar-refractivity contribution < 1.29 is 23.9 Å². The summed E-state index contributed by atoms with van der Waals surface area (Å²) in [5.74, 6) is -4.81. The Morgan fingerprint density at radius 2 is 1.64 bits per heavy atom. The third kappa shape index (κ3) is 5.37. The molecule has 1 aromatic carbocycles. The van der Waals surface area contributed by atoms with Crippen LogP contribution in [0.25, 0.3) is 0 Å². The van der Waals surface area contributed by atoms with Gasteiger partial charge in [0.15, 0.2) is 0 Å². The molecule has 4 N–H and O–H groups in total. The molecule has 0 saturated carbocycles. The van der Waals surface area contributed by atoms with Crippen LogP contribution in [0.1, 0.15) is 53.5 Å². The number of rotatable bonds is 11. The minimum atomic E-state index is -1.73. The van der Waals surface area contributed by atoms with Crippen LogP contribution < -0.4 is 16.4 Å². The van der Waals surface area contributed by atoms with Gasteiger partial charge >= 0.3 is 5.97 Å². The molecule has 8 nitrogen and oxygen atoms in total. The van der Waals surface area contributed by atoms with Crippen molar-refractivity contribution in [2.75, 3.05) is 0 Å². The molecule has 3 amide bonds. The minimum Gasteiger partial charge on any atom is -0.447 e. The molecule has 33 heavy (non-hydrogen) atoms. The number of cyclic esters (lactones) is 1. The molecule has 5 atom stereocenters. The van der Waals surface area contributed by atoms with E-state index < -0.39 is 41.3 Å². The fourth-order valence-corrected chi connectivity index (χ4v) is 4.58. The molecule has 2 unspecified atom stereocenters. The lowest BCUT2D eigenvalue weighted by molar-refractivity contribution is -0.233. The molecule has 1 aliphatic rings. The van der Waals surface area contributed by atoms with Crippen LogP contribution in [0.3, 0.4) is 0 Å². The first-order valence-electron chi connectivity index (χ1n) is 11.6. The molecule has 0 radical (unpaired) electrons. The molecule has 1 fully saturated rings. The summed E-state index contributed by atoms with van der Waals surface area (Å²) in [6, 6.07) is 8.62. The predicted octanol–water partition coefficient (Wildman–Crippen LogP) is 2.16. The fourth-order valence-electron chi connectivity index (χ4n) is 4.58. The zero-order valence-corrected chi connectivity index (χ0v) is 20.4. The quantitative estimate of drug-likeness (QED) is 0.437. The van der Waals surface area contributed by atoms with E-state index in [0.29, 0.717) is 13.0 Å². The molecule has 1 heterocycles. The number of ether oxygens (including phenoxy) is 1. The van der Waals surface area contributed by atoms with Crippen molar-refractivity contribution in [2.24, 2.45) is 35.3 Å². The van der Waals surface area contributed by atoms with Crippen LogP contribution in [0, 0.1) is 29.6 Å². The van der Waals surface area contributed by atoms with Crippen LogP contribution in [-0.4, -0.2) is 35.3 Å². The topological polar surface area (TPSA) is 128 Å². The van der Waals surface area contributed by atoms with Crippen LogP contribution in [0.2, 0.25) is 0 Å². The fraction of sp³-hybridized carbons (Fsp3) is 0.600. The van der Waals surface area contributed by atoms with E-state index in [1.54, 1.807) is 13.8 Å². The number of carbonyl (C=O) groups excluding carboxylic acids is 4. The average Bonchev–Trinajstić information content (AvgIpc) is 2.74. The number of hydrogen-bond donors (Lipinski definition) is 3. The second-order valence-corrected chi connectivity index (χ2v) is 9.60. The van der Waals surface area contributed by atoms with Crippen LogP contribution in [0.5, 0.6) is 0 Å². The maximum Gasteiger partial charge on any atom is 0.315 e. The predicted molar refractivity (Wildman–Crippen MR) is 124 cm³/mol. The standard InChI is InChI=1S/C25H37N3O5/c1-7-16(6)19-23(31)33-25(19,24(26)32)18(14(2)3)21(29)28-20(15(4)5)22(30)27-13-17-11-9-8-10-12-17/h8-12,14-16,18-20H,7,13H2,1-6H3,(H2,26,32)(H,27,30)(H,28,29)/t16-,18+,19?,20-,25?/m0/s1. The number of amides is 3. The Morgan fingerprint density at radius 3 is 2.09 bits per heavy atom. The molecule has 182 valence electrons. The Bertz CT molecular complexity index is 870. The second kappa shape index (κ2) is 10.8. The highest BCUT2D eigenvalue weighted by Crippen LogP contribution is 2.48. The van der Waals surface area contributed by atoms with Crippen molar-refractivity contribution in [1.82, 2.24) is 10.6 Å². The van der Waals surface area contributed by atoms with Crippen molar-refractivity contribution in [2.45, 2.75) is 66.2 Å². The van der Waals surface area contributed by atoms with Gasteiger partial charge in [0, 0.05) is 6.54 Å². The lowest BCUT2D eigenvalue weighted by Crippen LogP contribution is -2.73. The molecule has 0 aromatic heterocycles. The van der Waals surface area contributed by atoms with Gasteiger partial charge in [0.1, 0.15) is 12.0 Å². The Kier molecular flexibility index (Phi) is 8.63. The van der Waals surface area contributed by atoms with E-state index in [1.165, 1.54) is 0 Å². The lowest BCUT2D eigenvalue weighted by atomic mass is 9.63. The Hall–Kier alpha value is -2.90. The first kappa shape index (κ1) is 26.4. The largest absolute Gasteiger partial charge is 0.447 e. The van der Waals surface area contributed by atoms with Crippen LogP contribution >= 0.6 is 0 Å². The molecular weight excluding hydrogens is 422 g/mol. The van der Waals surface area contributed by atoms with Gasteiger partial charge in [0.2, 0.25) is 17.4 Å². The third-order valence-electron chi connectivity index (χ3n) is 6.55. The van der Waals surface area contributed by atoms with E-state index in [4.69, 9.17) is 10.5 Å². The SMILES string of the molecule is CC[C@H](C)C1C(=O)OC1(C(N)=O)[C@@H](C(=O)N[C@H](C(=O)NCc1ccccc1)C(C)C)C(C)C. The maximum absolute atomic E-state index is 13.5. The minimum absolute atomic E-state index is 0.192. The van der Waals surface area contributed by atoms with E-state index in [9.17, 15) is 19.2 Å². The molecule has 0 spiro atoms. The highest BCUT2D eigenvalue weighted by Gasteiger charge is 2.68. The third-order valence-corrected chi connectivity index (χ3v) is 6.55. The van der Waals surface area contributed by atoms with Gasteiger partial charge < -0.3 is 21.1 Å². The van der Waals surface area contributed by atoms with Crippen molar-refractivity contribution in [1.29, 1.82) is 0 Å². The zero-order chi connectivity index (χ0) is 24.9. The average molecular weight is 460 g/mol. The summed E-state index contributed by atoms with van der Waals surface area (Å²) in [4.78, 5) is 51.4. The highest BCUT2D eigenvalue weighted by atomic mass is 16.6. The summed E-state index contributed by atoms with van der Waals surface area (Å²) < 4.78 is 5.40. The van der Waals surface area contributed by atoms with E-state index in [2.05, 4.69) is 10.6 Å². The van der Waals surface area contributed by atoms with Crippen molar-refractivity contribution in [3.05, 3.63) is 35.9 Å². The molecule has 1 saturated heterocycles. The lowest BCUT2D eigenvalue weighted by Gasteiger charge is -2.52. The maximum atomic E-state index is 13.5. The zero-order valence-electron chi connectivity index (χ0n) is 20.4. The Balaban J connectivity index is 2.26. The summed E-state index contributed by atoms with van der Waals surface area (Å²) in [6.07, 6.45) is 0.623. The van der Waals surface area contributed by atoms with E-state index in [0.717, 1.165) is 5.56 Å². The van der Waals surface area contributed by atoms with E-state index in [-0.39, 0.29) is 23.7 Å². The summed E-state index contributed by atoms with van der Waals surface area (Å²) in [5.41, 5.74) is 4.95. The van der Waals surface area contributed by atoms with Gasteiger partial charge in [-0.2, -0.15) is 0 Å². The monoisotopic (exact) mass is 459 g/mol. The number of esters is 1. The van der Waals surface area contributed by atoms with Gasteiger partial charge in [-0.15, -0.1) is 0 Å².